The lowest BCUT2D eigenvalue weighted by Crippen LogP contribution is -2.15. The summed E-state index contributed by atoms with van der Waals surface area (Å²) in [5.41, 5.74) is 2.77. The van der Waals surface area contributed by atoms with E-state index in [1.54, 1.807) is 4.68 Å². The number of amides is 1. The highest BCUT2D eigenvalue weighted by atomic mass is 32.1. The van der Waals surface area contributed by atoms with Crippen LogP contribution in [-0.4, -0.2) is 30.9 Å². The normalized spacial score (nSPS) is 14.1. The molecule has 1 saturated carbocycles. The van der Waals surface area contributed by atoms with Gasteiger partial charge in [-0.3, -0.25) is 9.89 Å². The number of carbonyl (C=O) groups is 1. The van der Waals surface area contributed by atoms with E-state index >= 15 is 0 Å². The molecule has 0 unspecified atom stereocenters. The third-order valence-electron chi connectivity index (χ3n) is 3.67. The molecule has 118 valence electrons. The Labute approximate surface area is 136 Å². The summed E-state index contributed by atoms with van der Waals surface area (Å²) in [6.07, 6.45) is 4.43. The molecule has 0 aliphatic heterocycles. The van der Waals surface area contributed by atoms with Gasteiger partial charge < -0.3 is 5.32 Å². The maximum atomic E-state index is 12.1. The Kier molecular flexibility index (Phi) is 3.45. The zero-order valence-corrected chi connectivity index (χ0v) is 13.4. The molecule has 7 nitrogen and oxygen atoms in total. The van der Waals surface area contributed by atoms with E-state index in [1.165, 1.54) is 24.2 Å². The van der Waals surface area contributed by atoms with Crippen LogP contribution >= 0.6 is 11.3 Å². The molecule has 0 bridgehead atoms. The number of aryl methyl sites for hydroxylation is 1. The fraction of sp³-hybridized carbons (Fsp3) is 0.333. The molecule has 3 heterocycles. The summed E-state index contributed by atoms with van der Waals surface area (Å²) in [4.78, 5) is 16.5. The van der Waals surface area contributed by atoms with Gasteiger partial charge in [0, 0.05) is 29.3 Å². The minimum atomic E-state index is -0.126. The third-order valence-corrected chi connectivity index (χ3v) is 4.62. The van der Waals surface area contributed by atoms with Gasteiger partial charge in [-0.05, 0) is 25.8 Å². The van der Waals surface area contributed by atoms with Gasteiger partial charge in [-0.15, -0.1) is 11.3 Å². The van der Waals surface area contributed by atoms with Gasteiger partial charge in [-0.2, -0.15) is 10.2 Å². The number of nitrogens with zero attached hydrogens (tertiary/aromatic N) is 4. The first-order valence-electron chi connectivity index (χ1n) is 7.49. The van der Waals surface area contributed by atoms with Crippen molar-refractivity contribution >= 4 is 23.1 Å². The molecule has 0 aromatic carbocycles. The molecular weight excluding hydrogens is 312 g/mol. The Morgan fingerprint density at radius 3 is 3.13 bits per heavy atom. The number of hydrogen-bond acceptors (Lipinski definition) is 5. The second-order valence-corrected chi connectivity index (χ2v) is 6.57. The summed E-state index contributed by atoms with van der Waals surface area (Å²) < 4.78 is 1.69. The van der Waals surface area contributed by atoms with Crippen molar-refractivity contribution in [1.29, 1.82) is 0 Å². The SMILES string of the molecule is Cc1csc(-n2ccc(CC(=O)Nc3cc(C4CC4)[nH]n3)n2)n1. The number of aromatic nitrogens is 5. The van der Waals surface area contributed by atoms with E-state index in [1.807, 2.05) is 30.6 Å². The van der Waals surface area contributed by atoms with Crippen molar-refractivity contribution in [1.82, 2.24) is 25.0 Å². The lowest BCUT2D eigenvalue weighted by Gasteiger charge is -1.99. The number of thiazole rings is 1. The van der Waals surface area contributed by atoms with E-state index in [0.717, 1.165) is 16.5 Å². The maximum absolute atomic E-state index is 12.1. The van der Waals surface area contributed by atoms with Crippen LogP contribution < -0.4 is 5.32 Å². The van der Waals surface area contributed by atoms with E-state index in [4.69, 9.17) is 0 Å². The van der Waals surface area contributed by atoms with Crippen LogP contribution in [0.1, 0.15) is 35.8 Å². The highest BCUT2D eigenvalue weighted by Crippen LogP contribution is 2.39. The summed E-state index contributed by atoms with van der Waals surface area (Å²) in [6, 6.07) is 3.74. The Morgan fingerprint density at radius 2 is 2.39 bits per heavy atom. The highest BCUT2D eigenvalue weighted by Gasteiger charge is 2.25. The molecule has 1 fully saturated rings. The minimum absolute atomic E-state index is 0.126. The van der Waals surface area contributed by atoms with Gasteiger partial charge in [0.05, 0.1) is 17.8 Å². The molecule has 1 aliphatic carbocycles. The van der Waals surface area contributed by atoms with Crippen molar-refractivity contribution in [2.75, 3.05) is 5.32 Å². The van der Waals surface area contributed by atoms with Gasteiger partial charge in [0.25, 0.3) is 0 Å². The molecule has 0 atom stereocenters. The van der Waals surface area contributed by atoms with Crippen molar-refractivity contribution in [3.05, 3.63) is 40.8 Å². The van der Waals surface area contributed by atoms with Crippen LogP contribution in [0.25, 0.3) is 5.13 Å². The molecule has 0 spiro atoms. The van der Waals surface area contributed by atoms with E-state index in [2.05, 4.69) is 25.6 Å². The highest BCUT2D eigenvalue weighted by molar-refractivity contribution is 7.12. The average Bonchev–Trinajstić information content (AvgIpc) is 2.91. The van der Waals surface area contributed by atoms with Crippen molar-refractivity contribution in [2.24, 2.45) is 0 Å². The predicted octanol–water partition coefficient (Wildman–Crippen LogP) is 2.42. The van der Waals surface area contributed by atoms with Crippen molar-refractivity contribution in [2.45, 2.75) is 32.1 Å². The molecule has 4 rings (SSSR count). The summed E-state index contributed by atoms with van der Waals surface area (Å²) in [5.74, 6) is 1.04. The second-order valence-electron chi connectivity index (χ2n) is 5.73. The van der Waals surface area contributed by atoms with Crippen LogP contribution in [-0.2, 0) is 11.2 Å². The number of H-pyrrole nitrogens is 1. The zero-order chi connectivity index (χ0) is 15.8. The van der Waals surface area contributed by atoms with Crippen LogP contribution in [0.4, 0.5) is 5.82 Å². The van der Waals surface area contributed by atoms with Crippen LogP contribution in [0, 0.1) is 6.92 Å². The molecule has 3 aromatic heterocycles. The van der Waals surface area contributed by atoms with E-state index in [0.29, 0.717) is 17.4 Å². The number of anilines is 1. The minimum Gasteiger partial charge on any atom is -0.309 e. The lowest BCUT2D eigenvalue weighted by molar-refractivity contribution is -0.115. The molecule has 0 saturated heterocycles. The standard InChI is InChI=1S/C15H16N6OS/c1-9-8-23-15(16-9)21-5-4-11(20-21)6-14(22)17-13-7-12(18-19-13)10-2-3-10/h4-5,7-8,10H,2-3,6H2,1H3,(H2,17,18,19,22). The van der Waals surface area contributed by atoms with Gasteiger partial charge in [0.1, 0.15) is 0 Å². The van der Waals surface area contributed by atoms with E-state index in [-0.39, 0.29) is 12.3 Å². The Balaban J connectivity index is 1.39. The zero-order valence-electron chi connectivity index (χ0n) is 12.6. The lowest BCUT2D eigenvalue weighted by atomic mass is 10.3. The monoisotopic (exact) mass is 328 g/mol. The van der Waals surface area contributed by atoms with Crippen LogP contribution in [0.15, 0.2) is 23.7 Å². The van der Waals surface area contributed by atoms with Crippen LogP contribution in [0.5, 0.6) is 0 Å². The van der Waals surface area contributed by atoms with Gasteiger partial charge in [0.2, 0.25) is 11.0 Å². The number of carbonyl (C=O) groups excluding carboxylic acids is 1. The molecule has 2 N–H and O–H groups in total. The third kappa shape index (κ3) is 3.16. The predicted molar refractivity (Wildman–Crippen MR) is 86.9 cm³/mol. The fourth-order valence-corrected chi connectivity index (χ4v) is 3.10. The second kappa shape index (κ2) is 5.62. The molecule has 0 radical (unpaired) electrons. The maximum Gasteiger partial charge on any atom is 0.231 e. The molecular formula is C15H16N6OS. The van der Waals surface area contributed by atoms with Crippen molar-refractivity contribution in [3.8, 4) is 5.13 Å². The average molecular weight is 328 g/mol. The Morgan fingerprint density at radius 1 is 1.52 bits per heavy atom. The van der Waals surface area contributed by atoms with Crippen LogP contribution in [0.3, 0.4) is 0 Å². The fourth-order valence-electron chi connectivity index (χ4n) is 2.36. The van der Waals surface area contributed by atoms with Gasteiger partial charge >= 0.3 is 0 Å². The molecule has 3 aromatic rings. The van der Waals surface area contributed by atoms with Crippen molar-refractivity contribution in [3.63, 3.8) is 0 Å². The number of nitrogens with one attached hydrogen (secondary N) is 2. The van der Waals surface area contributed by atoms with Gasteiger partial charge in [-0.25, -0.2) is 9.67 Å². The molecule has 23 heavy (non-hydrogen) atoms. The number of hydrogen-bond donors (Lipinski definition) is 2. The summed E-state index contributed by atoms with van der Waals surface area (Å²) in [7, 11) is 0. The van der Waals surface area contributed by atoms with E-state index in [9.17, 15) is 4.79 Å². The summed E-state index contributed by atoms with van der Waals surface area (Å²) >= 11 is 1.52. The number of aromatic amines is 1. The summed E-state index contributed by atoms with van der Waals surface area (Å²) in [5, 5.41) is 17.1. The largest absolute Gasteiger partial charge is 0.309 e. The van der Waals surface area contributed by atoms with Gasteiger partial charge in [0.15, 0.2) is 5.82 Å². The van der Waals surface area contributed by atoms with Crippen molar-refractivity contribution < 1.29 is 4.79 Å². The summed E-state index contributed by atoms with van der Waals surface area (Å²) in [6.45, 7) is 1.94. The van der Waals surface area contributed by atoms with E-state index < -0.39 is 0 Å². The first-order chi connectivity index (χ1) is 11.2. The Hall–Kier alpha value is -2.48. The first kappa shape index (κ1) is 14.1. The Bertz CT molecular complexity index is 844. The smallest absolute Gasteiger partial charge is 0.231 e. The molecule has 8 heteroatoms. The topological polar surface area (TPSA) is 88.5 Å². The quantitative estimate of drug-likeness (QED) is 0.753. The molecule has 1 aliphatic rings. The number of rotatable bonds is 5. The van der Waals surface area contributed by atoms with Crippen LogP contribution in [0.2, 0.25) is 0 Å². The van der Waals surface area contributed by atoms with Gasteiger partial charge in [-0.1, -0.05) is 0 Å². The molecule has 1 amide bonds. The first-order valence-corrected chi connectivity index (χ1v) is 8.37.